The Morgan fingerprint density at radius 2 is 2.06 bits per heavy atom. The molecule has 0 bridgehead atoms. The molecular formula is C12H14ClNO2. The average Bonchev–Trinajstić information content (AvgIpc) is 2.29. The van der Waals surface area contributed by atoms with Crippen molar-refractivity contribution in [2.24, 2.45) is 5.73 Å². The zero-order valence-corrected chi connectivity index (χ0v) is 9.79. The number of esters is 1. The van der Waals surface area contributed by atoms with Crippen LogP contribution in [0.1, 0.15) is 11.1 Å². The van der Waals surface area contributed by atoms with Crippen LogP contribution in [0.3, 0.4) is 0 Å². The number of carbonyl (C=O) groups excluding carboxylic acids is 1. The predicted octanol–water partition coefficient (Wildman–Crippen LogP) is 1.13. The smallest absolute Gasteiger partial charge is 0.322 e. The number of halogens is 1. The molecule has 0 aliphatic carbocycles. The Balaban J connectivity index is 0.00000225. The van der Waals surface area contributed by atoms with Gasteiger partial charge in [-0.3, -0.25) is 4.79 Å². The molecule has 0 fully saturated rings. The second-order valence-corrected chi connectivity index (χ2v) is 3.18. The fraction of sp³-hybridized carbons (Fsp3) is 0.250. The molecule has 1 aromatic carbocycles. The van der Waals surface area contributed by atoms with Crippen LogP contribution in [0.15, 0.2) is 24.3 Å². The second kappa shape index (κ2) is 6.89. The molecule has 1 atom stereocenters. The molecule has 2 N–H and O–H groups in total. The van der Waals surface area contributed by atoms with E-state index >= 15 is 0 Å². The molecule has 0 saturated heterocycles. The highest BCUT2D eigenvalue weighted by Crippen LogP contribution is 2.06. The fourth-order valence-electron chi connectivity index (χ4n) is 1.23. The number of hydrogen-bond acceptors (Lipinski definition) is 3. The molecular weight excluding hydrogens is 226 g/mol. The minimum atomic E-state index is -0.619. The number of benzene rings is 1. The molecule has 3 nitrogen and oxygen atoms in total. The molecule has 0 aromatic heterocycles. The maximum absolute atomic E-state index is 11.1. The van der Waals surface area contributed by atoms with Gasteiger partial charge in [0.15, 0.2) is 0 Å². The van der Waals surface area contributed by atoms with Crippen molar-refractivity contribution in [3.05, 3.63) is 35.4 Å². The van der Waals surface area contributed by atoms with Crippen LogP contribution in [-0.4, -0.2) is 19.1 Å². The normalized spacial score (nSPS) is 10.8. The van der Waals surface area contributed by atoms with E-state index in [0.717, 1.165) is 11.1 Å². The molecule has 1 rings (SSSR count). The summed E-state index contributed by atoms with van der Waals surface area (Å²) in [7, 11) is 1.32. The molecule has 1 aromatic rings. The summed E-state index contributed by atoms with van der Waals surface area (Å²) in [6.45, 7) is 0. The highest BCUT2D eigenvalue weighted by Gasteiger charge is 2.13. The number of hydrogen-bond donors (Lipinski definition) is 1. The van der Waals surface area contributed by atoms with Crippen LogP contribution in [0.5, 0.6) is 0 Å². The maximum atomic E-state index is 11.1. The van der Waals surface area contributed by atoms with Crippen molar-refractivity contribution in [1.29, 1.82) is 0 Å². The molecule has 1 unspecified atom stereocenters. The first-order chi connectivity index (χ1) is 7.17. The minimum absolute atomic E-state index is 0. The van der Waals surface area contributed by atoms with E-state index in [0.29, 0.717) is 6.42 Å². The number of nitrogens with two attached hydrogens (primary N) is 1. The average molecular weight is 240 g/mol. The van der Waals surface area contributed by atoms with Gasteiger partial charge in [0.2, 0.25) is 0 Å². The van der Waals surface area contributed by atoms with E-state index < -0.39 is 12.0 Å². The number of rotatable bonds is 3. The monoisotopic (exact) mass is 239 g/mol. The lowest BCUT2D eigenvalue weighted by Crippen LogP contribution is -2.33. The van der Waals surface area contributed by atoms with Gasteiger partial charge >= 0.3 is 5.97 Å². The summed E-state index contributed by atoms with van der Waals surface area (Å²) in [4.78, 5) is 11.1. The molecule has 4 heteroatoms. The largest absolute Gasteiger partial charge is 0.468 e. The summed E-state index contributed by atoms with van der Waals surface area (Å²) < 4.78 is 4.53. The summed E-state index contributed by atoms with van der Waals surface area (Å²) >= 11 is 0. The fourth-order valence-corrected chi connectivity index (χ4v) is 1.23. The van der Waals surface area contributed by atoms with Crippen molar-refractivity contribution in [3.63, 3.8) is 0 Å². The topological polar surface area (TPSA) is 52.3 Å². The Labute approximate surface area is 101 Å². The Morgan fingerprint density at radius 1 is 1.50 bits per heavy atom. The van der Waals surface area contributed by atoms with Crippen molar-refractivity contribution >= 4 is 18.4 Å². The lowest BCUT2D eigenvalue weighted by Gasteiger charge is -2.08. The molecule has 0 aliphatic heterocycles. The summed E-state index contributed by atoms with van der Waals surface area (Å²) in [6.07, 6.45) is 5.68. The van der Waals surface area contributed by atoms with E-state index in [1.807, 2.05) is 24.3 Å². The van der Waals surface area contributed by atoms with E-state index in [1.165, 1.54) is 7.11 Å². The number of ether oxygens (including phenoxy) is 1. The third-order valence-electron chi connectivity index (χ3n) is 2.08. The first-order valence-electron chi connectivity index (χ1n) is 4.56. The maximum Gasteiger partial charge on any atom is 0.322 e. The van der Waals surface area contributed by atoms with Crippen LogP contribution in [0, 0.1) is 12.3 Å². The number of terminal acetylenes is 1. The van der Waals surface area contributed by atoms with E-state index in [9.17, 15) is 4.79 Å². The molecule has 0 radical (unpaired) electrons. The lowest BCUT2D eigenvalue weighted by atomic mass is 10.1. The van der Waals surface area contributed by atoms with Crippen molar-refractivity contribution in [1.82, 2.24) is 0 Å². The van der Waals surface area contributed by atoms with Gasteiger partial charge in [-0.15, -0.1) is 18.8 Å². The lowest BCUT2D eigenvalue weighted by molar-refractivity contribution is -0.142. The van der Waals surface area contributed by atoms with Crippen LogP contribution in [0.2, 0.25) is 0 Å². The van der Waals surface area contributed by atoms with Gasteiger partial charge in [-0.05, 0) is 24.1 Å². The quantitative estimate of drug-likeness (QED) is 0.636. The van der Waals surface area contributed by atoms with Gasteiger partial charge in [-0.1, -0.05) is 18.1 Å². The standard InChI is InChI=1S/C12H13NO2.ClH/c1-3-9-4-6-10(7-5-9)8-11(13)12(14)15-2;/h1,4-7,11H,8,13H2,2H3;1H. The van der Waals surface area contributed by atoms with Gasteiger partial charge in [0, 0.05) is 5.56 Å². The number of carbonyl (C=O) groups is 1. The minimum Gasteiger partial charge on any atom is -0.468 e. The van der Waals surface area contributed by atoms with Crippen LogP contribution in [0.4, 0.5) is 0 Å². The Morgan fingerprint density at radius 3 is 2.50 bits per heavy atom. The van der Waals surface area contributed by atoms with E-state index in [4.69, 9.17) is 12.2 Å². The predicted molar refractivity (Wildman–Crippen MR) is 65.3 cm³/mol. The van der Waals surface area contributed by atoms with Gasteiger partial charge in [0.05, 0.1) is 7.11 Å². The summed E-state index contributed by atoms with van der Waals surface area (Å²) in [6, 6.07) is 6.74. The Hall–Kier alpha value is -1.50. The van der Waals surface area contributed by atoms with Gasteiger partial charge < -0.3 is 10.5 Å². The molecule has 0 aliphatic rings. The highest BCUT2D eigenvalue weighted by atomic mass is 35.5. The van der Waals surface area contributed by atoms with Gasteiger partial charge in [-0.25, -0.2) is 0 Å². The van der Waals surface area contributed by atoms with Gasteiger partial charge in [-0.2, -0.15) is 0 Å². The second-order valence-electron chi connectivity index (χ2n) is 3.18. The van der Waals surface area contributed by atoms with Crippen LogP contribution in [0.25, 0.3) is 0 Å². The van der Waals surface area contributed by atoms with Crippen molar-refractivity contribution in [2.75, 3.05) is 7.11 Å². The van der Waals surface area contributed by atoms with Crippen molar-refractivity contribution in [2.45, 2.75) is 12.5 Å². The summed E-state index contributed by atoms with van der Waals surface area (Å²) in [5, 5.41) is 0. The third kappa shape index (κ3) is 3.93. The van der Waals surface area contributed by atoms with Crippen LogP contribution < -0.4 is 5.73 Å². The van der Waals surface area contributed by atoms with E-state index in [-0.39, 0.29) is 12.4 Å². The molecule has 0 saturated carbocycles. The van der Waals surface area contributed by atoms with Gasteiger partial charge in [0.25, 0.3) is 0 Å². The van der Waals surface area contributed by atoms with Crippen LogP contribution >= 0.6 is 12.4 Å². The molecule has 86 valence electrons. The highest BCUT2D eigenvalue weighted by molar-refractivity contribution is 5.85. The van der Waals surface area contributed by atoms with Gasteiger partial charge in [0.1, 0.15) is 6.04 Å². The Bertz CT molecular complexity index is 381. The first kappa shape index (κ1) is 14.5. The zero-order chi connectivity index (χ0) is 11.3. The molecule has 16 heavy (non-hydrogen) atoms. The molecule has 0 spiro atoms. The van der Waals surface area contributed by atoms with Crippen LogP contribution in [-0.2, 0) is 16.0 Å². The van der Waals surface area contributed by atoms with E-state index in [1.54, 1.807) is 0 Å². The van der Waals surface area contributed by atoms with Crippen molar-refractivity contribution in [3.8, 4) is 12.3 Å². The Kier molecular flexibility index (Phi) is 6.24. The summed E-state index contributed by atoms with van der Waals surface area (Å²) in [5.41, 5.74) is 7.39. The third-order valence-corrected chi connectivity index (χ3v) is 2.08. The zero-order valence-electron chi connectivity index (χ0n) is 8.97. The summed E-state index contributed by atoms with van der Waals surface area (Å²) in [5.74, 6) is 2.11. The number of methoxy groups -OCH3 is 1. The van der Waals surface area contributed by atoms with Crippen molar-refractivity contribution < 1.29 is 9.53 Å². The first-order valence-corrected chi connectivity index (χ1v) is 4.56. The SMILES string of the molecule is C#Cc1ccc(CC(N)C(=O)OC)cc1.Cl. The molecule has 0 heterocycles. The molecule has 0 amide bonds. The van der Waals surface area contributed by atoms with E-state index in [2.05, 4.69) is 10.7 Å².